The van der Waals surface area contributed by atoms with Gasteiger partial charge in [-0.25, -0.2) is 4.98 Å². The molecule has 1 saturated heterocycles. The van der Waals surface area contributed by atoms with Crippen LogP contribution < -0.4 is 0 Å². The third-order valence-corrected chi connectivity index (χ3v) is 8.24. The molecule has 0 radical (unpaired) electrons. The SMILES string of the molecule is N#Cc1c(CC2CCC3C(O)CCC23)[nH]c2cc(Cl)c(-c3ccc(C4CCO4)cc3)nc12. The molecule has 2 aromatic heterocycles. The molecule has 164 valence electrons. The van der Waals surface area contributed by atoms with Gasteiger partial charge in [-0.15, -0.1) is 0 Å². The number of nitriles is 1. The topological polar surface area (TPSA) is 81.9 Å². The first-order valence-electron chi connectivity index (χ1n) is 11.6. The number of H-pyrrole nitrogens is 1. The number of pyridine rings is 1. The van der Waals surface area contributed by atoms with E-state index in [1.54, 1.807) is 0 Å². The third-order valence-electron chi connectivity index (χ3n) is 7.95. The zero-order chi connectivity index (χ0) is 21.8. The zero-order valence-corrected chi connectivity index (χ0v) is 18.6. The highest BCUT2D eigenvalue weighted by molar-refractivity contribution is 6.33. The van der Waals surface area contributed by atoms with E-state index >= 15 is 0 Å². The van der Waals surface area contributed by atoms with E-state index in [2.05, 4.69) is 23.2 Å². The Morgan fingerprint density at radius 3 is 2.62 bits per heavy atom. The monoisotopic (exact) mass is 447 g/mol. The Balaban J connectivity index is 1.33. The third kappa shape index (κ3) is 3.25. The molecule has 6 heteroatoms. The summed E-state index contributed by atoms with van der Waals surface area (Å²) in [7, 11) is 0. The summed E-state index contributed by atoms with van der Waals surface area (Å²) in [5.74, 6) is 1.50. The minimum Gasteiger partial charge on any atom is -0.393 e. The van der Waals surface area contributed by atoms with Crippen LogP contribution in [0.4, 0.5) is 0 Å². The maximum absolute atomic E-state index is 10.2. The normalized spacial score (nSPS) is 29.1. The van der Waals surface area contributed by atoms with Gasteiger partial charge in [0, 0.05) is 17.7 Å². The first kappa shape index (κ1) is 20.2. The van der Waals surface area contributed by atoms with Crippen LogP contribution in [0.25, 0.3) is 22.3 Å². The van der Waals surface area contributed by atoms with Gasteiger partial charge in [0.15, 0.2) is 0 Å². The molecule has 3 aliphatic rings. The van der Waals surface area contributed by atoms with E-state index in [1.807, 2.05) is 18.2 Å². The molecule has 0 amide bonds. The van der Waals surface area contributed by atoms with Gasteiger partial charge in [0.25, 0.3) is 0 Å². The van der Waals surface area contributed by atoms with Gasteiger partial charge in [0.05, 0.1) is 40.6 Å². The predicted molar refractivity (Wildman–Crippen MR) is 123 cm³/mol. The summed E-state index contributed by atoms with van der Waals surface area (Å²) in [4.78, 5) is 8.28. The number of benzene rings is 1. The Morgan fingerprint density at radius 2 is 1.91 bits per heavy atom. The van der Waals surface area contributed by atoms with Gasteiger partial charge < -0.3 is 14.8 Å². The summed E-state index contributed by atoms with van der Waals surface area (Å²) in [5.41, 5.74) is 5.88. The average Bonchev–Trinajstić information content (AvgIpc) is 3.42. The number of aliphatic hydroxyl groups is 1. The van der Waals surface area contributed by atoms with Crippen molar-refractivity contribution in [2.75, 3.05) is 6.61 Å². The number of nitrogens with one attached hydrogen (secondary N) is 1. The lowest BCUT2D eigenvalue weighted by molar-refractivity contribution is -0.0527. The molecule has 3 fully saturated rings. The van der Waals surface area contributed by atoms with Gasteiger partial charge in [-0.1, -0.05) is 35.9 Å². The molecule has 32 heavy (non-hydrogen) atoms. The Kier molecular flexibility index (Phi) is 4.98. The summed E-state index contributed by atoms with van der Waals surface area (Å²) in [6.45, 7) is 0.825. The number of fused-ring (bicyclic) bond motifs is 2. The smallest absolute Gasteiger partial charge is 0.107 e. The molecule has 3 aromatic rings. The number of aliphatic hydroxyl groups excluding tert-OH is 1. The van der Waals surface area contributed by atoms with Crippen LogP contribution in [-0.2, 0) is 11.2 Å². The van der Waals surface area contributed by atoms with Crippen molar-refractivity contribution in [2.45, 2.75) is 50.7 Å². The Hall–Kier alpha value is -2.39. The Bertz CT molecular complexity index is 1210. The first-order chi connectivity index (χ1) is 15.6. The maximum Gasteiger partial charge on any atom is 0.107 e. The summed E-state index contributed by atoms with van der Waals surface area (Å²) < 4.78 is 5.57. The fourth-order valence-corrected chi connectivity index (χ4v) is 6.44. The Morgan fingerprint density at radius 1 is 1.12 bits per heavy atom. The van der Waals surface area contributed by atoms with Crippen LogP contribution >= 0.6 is 11.6 Å². The molecule has 2 N–H and O–H groups in total. The van der Waals surface area contributed by atoms with E-state index in [4.69, 9.17) is 21.3 Å². The molecule has 2 aliphatic carbocycles. The number of rotatable bonds is 4. The number of aromatic nitrogens is 2. The molecule has 5 unspecified atom stereocenters. The van der Waals surface area contributed by atoms with Crippen molar-refractivity contribution in [3.63, 3.8) is 0 Å². The summed E-state index contributed by atoms with van der Waals surface area (Å²) >= 11 is 6.62. The van der Waals surface area contributed by atoms with Crippen molar-refractivity contribution in [3.05, 3.63) is 52.2 Å². The second-order valence-electron chi connectivity index (χ2n) is 9.59. The van der Waals surface area contributed by atoms with Crippen LogP contribution in [0.2, 0.25) is 5.02 Å². The first-order valence-corrected chi connectivity index (χ1v) is 12.0. The van der Waals surface area contributed by atoms with Crippen LogP contribution in [0.5, 0.6) is 0 Å². The van der Waals surface area contributed by atoms with E-state index in [1.165, 1.54) is 5.56 Å². The molecule has 2 saturated carbocycles. The van der Waals surface area contributed by atoms with Crippen molar-refractivity contribution >= 4 is 22.6 Å². The minimum atomic E-state index is -0.145. The van der Waals surface area contributed by atoms with E-state index in [-0.39, 0.29) is 12.2 Å². The second-order valence-corrected chi connectivity index (χ2v) is 10.00. The fourth-order valence-electron chi connectivity index (χ4n) is 6.18. The molecule has 1 aromatic carbocycles. The molecule has 0 spiro atoms. The molecular formula is C26H26ClN3O2. The highest BCUT2D eigenvalue weighted by Gasteiger charge is 2.44. The maximum atomic E-state index is 10.2. The van der Waals surface area contributed by atoms with Crippen LogP contribution in [0.15, 0.2) is 30.3 Å². The van der Waals surface area contributed by atoms with Crippen molar-refractivity contribution in [1.82, 2.24) is 9.97 Å². The van der Waals surface area contributed by atoms with E-state index in [9.17, 15) is 10.4 Å². The van der Waals surface area contributed by atoms with Crippen LogP contribution in [0.3, 0.4) is 0 Å². The predicted octanol–water partition coefficient (Wildman–Crippen LogP) is 5.56. The average molecular weight is 448 g/mol. The highest BCUT2D eigenvalue weighted by atomic mass is 35.5. The van der Waals surface area contributed by atoms with Crippen LogP contribution in [0.1, 0.15) is 55.0 Å². The quantitative estimate of drug-likeness (QED) is 0.548. The van der Waals surface area contributed by atoms with E-state index < -0.39 is 0 Å². The highest BCUT2D eigenvalue weighted by Crippen LogP contribution is 2.49. The molecule has 1 aliphatic heterocycles. The lowest BCUT2D eigenvalue weighted by Gasteiger charge is -2.26. The van der Waals surface area contributed by atoms with Gasteiger partial charge >= 0.3 is 0 Å². The standard InChI is InChI=1S/C26H26ClN3O2/c27-20-12-22-26(30-25(20)15-3-1-14(2-4-15)24-9-10-32-24)19(13-28)21(29-22)11-16-5-6-18-17(16)7-8-23(18)31/h1-4,12,16-18,23-24,29,31H,5-11H2. The van der Waals surface area contributed by atoms with Gasteiger partial charge in [0.1, 0.15) is 11.6 Å². The van der Waals surface area contributed by atoms with Crippen LogP contribution in [0, 0.1) is 29.1 Å². The van der Waals surface area contributed by atoms with Crippen LogP contribution in [-0.4, -0.2) is 27.8 Å². The number of hydrogen-bond donors (Lipinski definition) is 2. The van der Waals surface area contributed by atoms with Gasteiger partial charge in [-0.2, -0.15) is 5.26 Å². The summed E-state index contributed by atoms with van der Waals surface area (Å²) in [5, 5.41) is 20.8. The number of ether oxygens (including phenoxy) is 1. The number of aromatic amines is 1. The van der Waals surface area contributed by atoms with E-state index in [0.717, 1.165) is 61.9 Å². The lowest BCUT2D eigenvalue weighted by atomic mass is 9.88. The number of nitrogens with zero attached hydrogens (tertiary/aromatic N) is 2. The number of halogens is 1. The molecule has 5 atom stereocenters. The fraction of sp³-hybridized carbons (Fsp3) is 0.462. The largest absolute Gasteiger partial charge is 0.393 e. The molecule has 5 nitrogen and oxygen atoms in total. The summed E-state index contributed by atoms with van der Waals surface area (Å²) in [6.07, 6.45) is 6.15. The van der Waals surface area contributed by atoms with Gasteiger partial charge in [-0.3, -0.25) is 0 Å². The zero-order valence-electron chi connectivity index (χ0n) is 17.9. The van der Waals surface area contributed by atoms with Gasteiger partial charge in [0.2, 0.25) is 0 Å². The van der Waals surface area contributed by atoms with Crippen molar-refractivity contribution in [2.24, 2.45) is 17.8 Å². The summed E-state index contributed by atoms with van der Waals surface area (Å²) in [6, 6.07) is 12.5. The second kappa shape index (κ2) is 7.88. The minimum absolute atomic E-state index is 0.145. The lowest BCUT2D eigenvalue weighted by Crippen LogP contribution is -2.17. The van der Waals surface area contributed by atoms with Crippen molar-refractivity contribution in [3.8, 4) is 17.3 Å². The van der Waals surface area contributed by atoms with E-state index in [0.29, 0.717) is 39.6 Å². The molecule has 6 rings (SSSR count). The molecule has 3 heterocycles. The Labute approximate surface area is 192 Å². The van der Waals surface area contributed by atoms with Crippen molar-refractivity contribution < 1.29 is 9.84 Å². The molecular weight excluding hydrogens is 422 g/mol. The number of hydrogen-bond acceptors (Lipinski definition) is 4. The van der Waals surface area contributed by atoms with Crippen molar-refractivity contribution in [1.29, 1.82) is 5.26 Å². The van der Waals surface area contributed by atoms with Gasteiger partial charge in [-0.05, 0) is 61.5 Å². The molecule has 0 bridgehead atoms.